The number of rotatable bonds is 6. The molecular weight excluding hydrogens is 352 g/mol. The van der Waals surface area contributed by atoms with E-state index in [1.165, 1.54) is 11.9 Å². The lowest BCUT2D eigenvalue weighted by atomic mass is 10.2. The first-order valence-electron chi connectivity index (χ1n) is 8.53. The van der Waals surface area contributed by atoms with Crippen LogP contribution in [0.4, 0.5) is 4.79 Å². The first-order chi connectivity index (χ1) is 11.5. The van der Waals surface area contributed by atoms with Gasteiger partial charge in [-0.3, -0.25) is 14.8 Å². The number of hydrogen-bond donors (Lipinski definition) is 2. The summed E-state index contributed by atoms with van der Waals surface area (Å²) in [5, 5.41) is 2.50. The van der Waals surface area contributed by atoms with Gasteiger partial charge in [0.2, 0.25) is 0 Å². The molecule has 1 aromatic carbocycles. The maximum Gasteiger partial charge on any atom is 0.331 e. The molecule has 1 saturated carbocycles. The van der Waals surface area contributed by atoms with Crippen molar-refractivity contribution in [3.05, 3.63) is 35.9 Å². The summed E-state index contributed by atoms with van der Waals surface area (Å²) in [7, 11) is -1.82. The molecule has 25 heavy (non-hydrogen) atoms. The number of urea groups is 1. The van der Waals surface area contributed by atoms with Crippen molar-refractivity contribution in [2.45, 2.75) is 57.3 Å². The highest BCUT2D eigenvalue weighted by molar-refractivity contribution is 7.98. The van der Waals surface area contributed by atoms with Gasteiger partial charge in [-0.1, -0.05) is 39.0 Å². The summed E-state index contributed by atoms with van der Waals surface area (Å²) in [5.41, 5.74) is 0.340. The van der Waals surface area contributed by atoms with E-state index in [0.29, 0.717) is 11.3 Å². The zero-order valence-corrected chi connectivity index (χ0v) is 17.5. The average Bonchev–Trinajstić information content (AvgIpc) is 3.25. The SMILES string of the molecule is CC(C)(C)[Si](C)(C)OC1(CSNC(=O)NC(=O)c2ccccc2)CC1. The Hall–Kier alpha value is -1.31. The standard InChI is InChI=1S/C18H28N2O3SSi/c1-17(2,3)25(4,5)23-18(11-12-18)13-24-20-16(22)19-15(21)14-9-7-6-8-10-14/h6-10H,11-13H2,1-5H3,(H2,19,20,21,22). The smallest absolute Gasteiger partial charge is 0.331 e. The first-order valence-corrected chi connectivity index (χ1v) is 12.4. The number of imide groups is 1. The monoisotopic (exact) mass is 380 g/mol. The molecule has 1 aliphatic rings. The molecule has 0 saturated heterocycles. The molecule has 138 valence electrons. The highest BCUT2D eigenvalue weighted by atomic mass is 32.2. The quantitative estimate of drug-likeness (QED) is 0.569. The van der Waals surface area contributed by atoms with E-state index in [-0.39, 0.29) is 10.6 Å². The molecule has 3 amide bonds. The number of amides is 3. The molecule has 0 atom stereocenters. The second-order valence-corrected chi connectivity index (χ2v) is 13.6. The van der Waals surface area contributed by atoms with Crippen molar-refractivity contribution in [2.75, 3.05) is 5.75 Å². The second-order valence-electron chi connectivity index (χ2n) is 8.09. The van der Waals surface area contributed by atoms with Crippen LogP contribution in [0.2, 0.25) is 18.1 Å². The van der Waals surface area contributed by atoms with Gasteiger partial charge in [0, 0.05) is 11.3 Å². The van der Waals surface area contributed by atoms with E-state index in [0.717, 1.165) is 12.8 Å². The van der Waals surface area contributed by atoms with E-state index in [2.05, 4.69) is 43.9 Å². The minimum Gasteiger partial charge on any atom is -0.410 e. The van der Waals surface area contributed by atoms with Crippen LogP contribution in [0.5, 0.6) is 0 Å². The van der Waals surface area contributed by atoms with Gasteiger partial charge in [-0.05, 0) is 55.1 Å². The fraction of sp³-hybridized carbons (Fsp3) is 0.556. The van der Waals surface area contributed by atoms with Gasteiger partial charge in [-0.15, -0.1) is 0 Å². The summed E-state index contributed by atoms with van der Waals surface area (Å²) >= 11 is 1.30. The van der Waals surface area contributed by atoms with E-state index in [1.54, 1.807) is 24.3 Å². The summed E-state index contributed by atoms with van der Waals surface area (Å²) in [6, 6.07) is 8.18. The number of carbonyl (C=O) groups is 2. The topological polar surface area (TPSA) is 67.4 Å². The maximum atomic E-state index is 11.9. The molecular formula is C18H28N2O3SSi. The zero-order chi connectivity index (χ0) is 18.7. The van der Waals surface area contributed by atoms with Gasteiger partial charge in [0.25, 0.3) is 5.91 Å². The lowest BCUT2D eigenvalue weighted by Crippen LogP contribution is -2.46. The fourth-order valence-electron chi connectivity index (χ4n) is 2.13. The number of carbonyl (C=O) groups excluding carboxylic acids is 2. The van der Waals surface area contributed by atoms with Crippen molar-refractivity contribution in [1.82, 2.24) is 10.0 Å². The Morgan fingerprint density at radius 3 is 2.32 bits per heavy atom. The van der Waals surface area contributed by atoms with Crippen LogP contribution in [0.1, 0.15) is 44.0 Å². The molecule has 2 N–H and O–H groups in total. The van der Waals surface area contributed by atoms with Crippen molar-refractivity contribution in [2.24, 2.45) is 0 Å². The van der Waals surface area contributed by atoms with Crippen molar-refractivity contribution >= 4 is 32.2 Å². The van der Waals surface area contributed by atoms with Crippen molar-refractivity contribution in [3.8, 4) is 0 Å². The summed E-state index contributed by atoms with van der Waals surface area (Å²) < 4.78 is 9.20. The van der Waals surface area contributed by atoms with Crippen LogP contribution in [0.3, 0.4) is 0 Å². The van der Waals surface area contributed by atoms with Gasteiger partial charge < -0.3 is 4.43 Å². The fourth-order valence-corrected chi connectivity index (χ4v) is 4.77. The molecule has 1 fully saturated rings. The molecule has 1 aliphatic carbocycles. The molecule has 5 nitrogen and oxygen atoms in total. The van der Waals surface area contributed by atoms with Gasteiger partial charge in [-0.2, -0.15) is 0 Å². The third-order valence-corrected chi connectivity index (χ3v) is 10.4. The molecule has 7 heteroatoms. The maximum absolute atomic E-state index is 11.9. The molecule has 0 bridgehead atoms. The van der Waals surface area contributed by atoms with E-state index < -0.39 is 20.3 Å². The van der Waals surface area contributed by atoms with Crippen molar-refractivity contribution < 1.29 is 14.0 Å². The van der Waals surface area contributed by atoms with Gasteiger partial charge in [0.05, 0.1) is 5.60 Å². The van der Waals surface area contributed by atoms with Gasteiger partial charge in [0.1, 0.15) is 0 Å². The van der Waals surface area contributed by atoms with Crippen molar-refractivity contribution in [1.29, 1.82) is 0 Å². The summed E-state index contributed by atoms with van der Waals surface area (Å²) in [6.45, 7) is 11.2. The Morgan fingerprint density at radius 2 is 1.80 bits per heavy atom. The van der Waals surface area contributed by atoms with Crippen LogP contribution < -0.4 is 10.0 Å². The van der Waals surface area contributed by atoms with Gasteiger partial charge in [-0.25, -0.2) is 4.79 Å². The van der Waals surface area contributed by atoms with Crippen LogP contribution in [0.15, 0.2) is 30.3 Å². The molecule has 0 spiro atoms. The Balaban J connectivity index is 1.77. The second kappa shape index (κ2) is 7.51. The molecule has 1 aromatic rings. The summed E-state index contributed by atoms with van der Waals surface area (Å²) in [5.74, 6) is 0.296. The minimum atomic E-state index is -1.82. The predicted molar refractivity (Wildman–Crippen MR) is 105 cm³/mol. The Bertz CT molecular complexity index is 625. The number of benzene rings is 1. The van der Waals surface area contributed by atoms with E-state index in [1.807, 2.05) is 6.07 Å². The van der Waals surface area contributed by atoms with E-state index in [9.17, 15) is 9.59 Å². The van der Waals surface area contributed by atoms with Crippen LogP contribution in [-0.4, -0.2) is 31.6 Å². The lowest BCUT2D eigenvalue weighted by Gasteiger charge is -2.39. The molecule has 2 rings (SSSR count). The molecule has 0 aromatic heterocycles. The third-order valence-electron chi connectivity index (χ3n) is 4.85. The van der Waals surface area contributed by atoms with Crippen LogP contribution in [0.25, 0.3) is 0 Å². The molecule has 0 aliphatic heterocycles. The van der Waals surface area contributed by atoms with Gasteiger partial charge in [0.15, 0.2) is 8.32 Å². The summed E-state index contributed by atoms with van der Waals surface area (Å²) in [4.78, 5) is 23.8. The average molecular weight is 381 g/mol. The largest absolute Gasteiger partial charge is 0.410 e. The normalized spacial score (nSPS) is 16.2. The Labute approximate surface area is 155 Å². The van der Waals surface area contributed by atoms with Crippen LogP contribution >= 0.6 is 11.9 Å². The number of hydrogen-bond acceptors (Lipinski definition) is 4. The van der Waals surface area contributed by atoms with E-state index in [4.69, 9.17) is 4.43 Å². The Morgan fingerprint density at radius 1 is 1.20 bits per heavy atom. The minimum absolute atomic E-state index is 0.121. The van der Waals surface area contributed by atoms with Crippen LogP contribution in [0, 0.1) is 0 Å². The highest BCUT2D eigenvalue weighted by Gasteiger charge is 2.51. The van der Waals surface area contributed by atoms with E-state index >= 15 is 0 Å². The van der Waals surface area contributed by atoms with Crippen LogP contribution in [-0.2, 0) is 4.43 Å². The Kier molecular flexibility index (Phi) is 6.01. The van der Waals surface area contributed by atoms with Crippen molar-refractivity contribution in [3.63, 3.8) is 0 Å². The zero-order valence-electron chi connectivity index (χ0n) is 15.6. The number of nitrogens with one attached hydrogen (secondary N) is 2. The molecule has 0 heterocycles. The highest BCUT2D eigenvalue weighted by Crippen LogP contribution is 2.48. The van der Waals surface area contributed by atoms with Gasteiger partial charge >= 0.3 is 6.03 Å². The molecule has 0 unspecified atom stereocenters. The first kappa shape index (κ1) is 20.0. The lowest BCUT2D eigenvalue weighted by molar-refractivity contribution is 0.0965. The third kappa shape index (κ3) is 5.59. The molecule has 0 radical (unpaired) electrons. The predicted octanol–water partition coefficient (Wildman–Crippen LogP) is 4.33. The summed E-state index contributed by atoms with van der Waals surface area (Å²) in [6.07, 6.45) is 2.05.